The van der Waals surface area contributed by atoms with E-state index in [2.05, 4.69) is 17.1 Å². The van der Waals surface area contributed by atoms with Gasteiger partial charge in [0.1, 0.15) is 0 Å². The molecular formula is C16H25N3O2. The molecule has 1 aromatic rings. The number of anilines is 2. The van der Waals surface area contributed by atoms with Crippen molar-refractivity contribution in [3.05, 3.63) is 24.3 Å². The number of methoxy groups -OCH3 is 1. The van der Waals surface area contributed by atoms with E-state index >= 15 is 0 Å². The Hall–Kier alpha value is -1.59. The number of hydrogen-bond acceptors (Lipinski definition) is 4. The van der Waals surface area contributed by atoms with E-state index in [0.29, 0.717) is 11.6 Å². The van der Waals surface area contributed by atoms with E-state index in [1.807, 2.05) is 19.1 Å². The van der Waals surface area contributed by atoms with Crippen LogP contribution < -0.4 is 11.1 Å². The monoisotopic (exact) mass is 291 g/mol. The first-order valence-electron chi connectivity index (χ1n) is 7.44. The Kier molecular flexibility index (Phi) is 5.20. The molecule has 0 aliphatic carbocycles. The zero-order chi connectivity index (χ0) is 15.4. The van der Waals surface area contributed by atoms with Gasteiger partial charge in [0.15, 0.2) is 0 Å². The first kappa shape index (κ1) is 15.8. The summed E-state index contributed by atoms with van der Waals surface area (Å²) < 4.78 is 5.51. The number of ether oxygens (including phenoxy) is 1. The van der Waals surface area contributed by atoms with Crippen LogP contribution in [0.25, 0.3) is 0 Å². The molecule has 21 heavy (non-hydrogen) atoms. The average Bonchev–Trinajstić information content (AvgIpc) is 2.49. The molecule has 1 amide bonds. The Labute approximate surface area is 126 Å². The number of benzene rings is 1. The van der Waals surface area contributed by atoms with Gasteiger partial charge < -0.3 is 15.8 Å². The van der Waals surface area contributed by atoms with Crippen molar-refractivity contribution in [3.63, 3.8) is 0 Å². The molecule has 1 heterocycles. The second kappa shape index (κ2) is 6.91. The molecule has 116 valence electrons. The molecule has 0 spiro atoms. The third-order valence-corrected chi connectivity index (χ3v) is 4.33. The minimum Gasteiger partial charge on any atom is -0.399 e. The number of nitrogens with two attached hydrogens (primary N) is 1. The van der Waals surface area contributed by atoms with Crippen LogP contribution >= 0.6 is 0 Å². The molecule has 0 radical (unpaired) electrons. The second-order valence-electron chi connectivity index (χ2n) is 5.82. The number of carbonyl (C=O) groups excluding carboxylic acids is 1. The van der Waals surface area contributed by atoms with Gasteiger partial charge in [-0.15, -0.1) is 0 Å². The Morgan fingerprint density at radius 3 is 2.71 bits per heavy atom. The van der Waals surface area contributed by atoms with Crippen molar-refractivity contribution in [1.82, 2.24) is 4.90 Å². The topological polar surface area (TPSA) is 67.6 Å². The van der Waals surface area contributed by atoms with Crippen molar-refractivity contribution in [1.29, 1.82) is 0 Å². The molecular weight excluding hydrogens is 266 g/mol. The summed E-state index contributed by atoms with van der Waals surface area (Å²) in [5, 5.41) is 2.93. The highest BCUT2D eigenvalue weighted by molar-refractivity contribution is 5.94. The zero-order valence-corrected chi connectivity index (χ0v) is 13.0. The lowest BCUT2D eigenvalue weighted by Crippen LogP contribution is -2.51. The van der Waals surface area contributed by atoms with Crippen LogP contribution in [0.3, 0.4) is 0 Å². The van der Waals surface area contributed by atoms with Crippen molar-refractivity contribution in [2.24, 2.45) is 5.92 Å². The maximum Gasteiger partial charge on any atom is 0.241 e. The van der Waals surface area contributed by atoms with E-state index in [-0.39, 0.29) is 18.1 Å². The van der Waals surface area contributed by atoms with Gasteiger partial charge in [-0.1, -0.05) is 6.92 Å². The van der Waals surface area contributed by atoms with Crippen LogP contribution in [-0.2, 0) is 9.53 Å². The molecule has 0 bridgehead atoms. The number of likely N-dealkylation sites (tertiary alicyclic amines) is 1. The molecule has 0 aromatic heterocycles. The zero-order valence-electron chi connectivity index (χ0n) is 13.0. The van der Waals surface area contributed by atoms with Crippen molar-refractivity contribution < 1.29 is 9.53 Å². The van der Waals surface area contributed by atoms with Crippen LogP contribution in [0.2, 0.25) is 0 Å². The summed E-state index contributed by atoms with van der Waals surface area (Å²) >= 11 is 0. The van der Waals surface area contributed by atoms with Crippen LogP contribution in [0.1, 0.15) is 20.3 Å². The maximum atomic E-state index is 12.3. The van der Waals surface area contributed by atoms with Crippen LogP contribution in [0.15, 0.2) is 24.3 Å². The predicted molar refractivity (Wildman–Crippen MR) is 85.1 cm³/mol. The molecule has 5 nitrogen and oxygen atoms in total. The largest absolute Gasteiger partial charge is 0.399 e. The smallest absolute Gasteiger partial charge is 0.241 e. The van der Waals surface area contributed by atoms with Gasteiger partial charge in [0.2, 0.25) is 5.91 Å². The molecule has 0 saturated carbocycles. The predicted octanol–water partition coefficient (Wildman–Crippen LogP) is 1.95. The third kappa shape index (κ3) is 3.95. The van der Waals surface area contributed by atoms with E-state index in [1.54, 1.807) is 19.2 Å². The average molecular weight is 291 g/mol. The lowest BCUT2D eigenvalue weighted by molar-refractivity contribution is -0.122. The molecule has 3 atom stereocenters. The summed E-state index contributed by atoms with van der Waals surface area (Å²) in [7, 11) is 1.74. The van der Waals surface area contributed by atoms with E-state index in [0.717, 1.165) is 25.2 Å². The Balaban J connectivity index is 1.94. The van der Waals surface area contributed by atoms with E-state index < -0.39 is 0 Å². The van der Waals surface area contributed by atoms with Crippen LogP contribution in [-0.4, -0.2) is 43.2 Å². The number of carbonyl (C=O) groups is 1. The van der Waals surface area contributed by atoms with Crippen LogP contribution in [0, 0.1) is 5.92 Å². The minimum absolute atomic E-state index is 0.00387. The Morgan fingerprint density at radius 2 is 2.10 bits per heavy atom. The van der Waals surface area contributed by atoms with Gasteiger partial charge in [-0.05, 0) is 50.1 Å². The van der Waals surface area contributed by atoms with E-state index in [9.17, 15) is 4.79 Å². The number of nitrogen functional groups attached to an aromatic ring is 1. The highest BCUT2D eigenvalue weighted by atomic mass is 16.5. The summed E-state index contributed by atoms with van der Waals surface area (Å²) in [6.45, 7) is 5.87. The molecule has 2 rings (SSSR count). The van der Waals surface area contributed by atoms with Gasteiger partial charge in [0, 0.05) is 25.0 Å². The number of amides is 1. The molecule has 1 aliphatic heterocycles. The number of nitrogens with one attached hydrogen (secondary N) is 1. The molecule has 1 aromatic carbocycles. The number of piperidine rings is 1. The minimum atomic E-state index is -0.173. The van der Waals surface area contributed by atoms with Crippen molar-refractivity contribution in [3.8, 4) is 0 Å². The van der Waals surface area contributed by atoms with Gasteiger partial charge in [-0.3, -0.25) is 9.69 Å². The highest BCUT2D eigenvalue weighted by Crippen LogP contribution is 2.21. The molecule has 1 aliphatic rings. The summed E-state index contributed by atoms with van der Waals surface area (Å²) in [6, 6.07) is 7.02. The standard InChI is InChI=1S/C16H25N3O2/c1-11-8-9-19(10-15(11)21-3)12(2)16(20)18-14-6-4-13(17)5-7-14/h4-7,11-12,15H,8-10,17H2,1-3H3,(H,18,20). The van der Waals surface area contributed by atoms with E-state index in [1.165, 1.54) is 0 Å². The van der Waals surface area contributed by atoms with Crippen molar-refractivity contribution in [2.75, 3.05) is 31.2 Å². The summed E-state index contributed by atoms with van der Waals surface area (Å²) in [5.41, 5.74) is 7.10. The van der Waals surface area contributed by atoms with Gasteiger partial charge >= 0.3 is 0 Å². The number of hydrogen-bond donors (Lipinski definition) is 2. The summed E-state index contributed by atoms with van der Waals surface area (Å²) in [6.07, 6.45) is 1.25. The SMILES string of the molecule is COC1CN(C(C)C(=O)Nc2ccc(N)cc2)CCC1C. The molecule has 3 unspecified atom stereocenters. The molecule has 5 heteroatoms. The van der Waals surface area contributed by atoms with Crippen LogP contribution in [0.5, 0.6) is 0 Å². The molecule has 1 saturated heterocycles. The number of nitrogens with zero attached hydrogens (tertiary/aromatic N) is 1. The van der Waals surface area contributed by atoms with Crippen molar-refractivity contribution >= 4 is 17.3 Å². The van der Waals surface area contributed by atoms with Crippen molar-refractivity contribution in [2.45, 2.75) is 32.4 Å². The second-order valence-corrected chi connectivity index (χ2v) is 5.82. The summed E-state index contributed by atoms with van der Waals surface area (Å²) in [4.78, 5) is 14.5. The Bertz CT molecular complexity index is 475. The fourth-order valence-electron chi connectivity index (χ4n) is 2.70. The normalized spacial score (nSPS) is 24.5. The molecule has 1 fully saturated rings. The fraction of sp³-hybridized carbons (Fsp3) is 0.562. The quantitative estimate of drug-likeness (QED) is 0.832. The third-order valence-electron chi connectivity index (χ3n) is 4.33. The lowest BCUT2D eigenvalue weighted by atomic mass is 9.95. The van der Waals surface area contributed by atoms with Gasteiger partial charge in [0.25, 0.3) is 0 Å². The molecule has 3 N–H and O–H groups in total. The van der Waals surface area contributed by atoms with E-state index in [4.69, 9.17) is 10.5 Å². The van der Waals surface area contributed by atoms with Gasteiger partial charge in [-0.25, -0.2) is 0 Å². The maximum absolute atomic E-state index is 12.3. The fourth-order valence-corrected chi connectivity index (χ4v) is 2.70. The van der Waals surface area contributed by atoms with Gasteiger partial charge in [0.05, 0.1) is 12.1 Å². The highest BCUT2D eigenvalue weighted by Gasteiger charge is 2.31. The first-order chi connectivity index (χ1) is 10.0. The lowest BCUT2D eigenvalue weighted by Gasteiger charge is -2.38. The van der Waals surface area contributed by atoms with Gasteiger partial charge in [-0.2, -0.15) is 0 Å². The number of rotatable bonds is 4. The van der Waals surface area contributed by atoms with Crippen LogP contribution in [0.4, 0.5) is 11.4 Å². The Morgan fingerprint density at radius 1 is 1.43 bits per heavy atom. The summed E-state index contributed by atoms with van der Waals surface area (Å²) in [5.74, 6) is 0.544. The first-order valence-corrected chi connectivity index (χ1v) is 7.44.